The van der Waals surface area contributed by atoms with Gasteiger partial charge < -0.3 is 20.4 Å². The largest absolute Gasteiger partial charge is 0.369 e. The molecule has 1 aliphatic heterocycles. The van der Waals surface area contributed by atoms with Crippen molar-refractivity contribution in [1.29, 1.82) is 0 Å². The number of nitrogens with zero attached hydrogens (tertiary/aromatic N) is 4. The van der Waals surface area contributed by atoms with Crippen molar-refractivity contribution in [3.05, 3.63) is 58.9 Å². The minimum Gasteiger partial charge on any atom is -0.369 e. The summed E-state index contributed by atoms with van der Waals surface area (Å²) in [7, 11) is 3.95. The summed E-state index contributed by atoms with van der Waals surface area (Å²) >= 11 is 6.54. The van der Waals surface area contributed by atoms with E-state index in [0.717, 1.165) is 61.4 Å². The van der Waals surface area contributed by atoms with Crippen molar-refractivity contribution in [3.8, 4) is 0 Å². The molecular weight excluding hydrogens is 499 g/mol. The van der Waals surface area contributed by atoms with E-state index < -0.39 is 0 Å². The van der Waals surface area contributed by atoms with Crippen LogP contribution in [0.1, 0.15) is 11.3 Å². The highest BCUT2D eigenvalue weighted by Gasteiger charge is 2.18. The maximum absolute atomic E-state index is 6.54. The van der Waals surface area contributed by atoms with Gasteiger partial charge in [0.25, 0.3) is 0 Å². The number of aliphatic imine (C=N–C) groups is 1. The van der Waals surface area contributed by atoms with E-state index in [1.807, 2.05) is 36.5 Å². The monoisotopic (exact) mass is 528 g/mol. The van der Waals surface area contributed by atoms with Crippen molar-refractivity contribution in [1.82, 2.24) is 20.5 Å². The minimum atomic E-state index is 0. The number of anilines is 1. The molecule has 0 saturated carbocycles. The lowest BCUT2D eigenvalue weighted by atomic mass is 10.1. The van der Waals surface area contributed by atoms with Crippen molar-refractivity contribution >= 4 is 47.2 Å². The molecule has 6 nitrogen and oxygen atoms in total. The molecule has 1 fully saturated rings. The molecule has 2 aromatic rings. The highest BCUT2D eigenvalue weighted by Crippen LogP contribution is 2.28. The molecule has 0 amide bonds. The van der Waals surface area contributed by atoms with Crippen LogP contribution in [0.4, 0.5) is 5.69 Å². The molecule has 0 spiro atoms. The van der Waals surface area contributed by atoms with Gasteiger partial charge in [-0.1, -0.05) is 23.7 Å². The summed E-state index contributed by atoms with van der Waals surface area (Å²) < 4.78 is 0. The normalized spacial score (nSPS) is 15.0. The zero-order chi connectivity index (χ0) is 19.8. The van der Waals surface area contributed by atoms with E-state index in [2.05, 4.69) is 43.5 Å². The average molecular weight is 529 g/mol. The van der Waals surface area contributed by atoms with Crippen molar-refractivity contribution in [2.45, 2.75) is 13.0 Å². The first-order valence-corrected chi connectivity index (χ1v) is 10.1. The first-order valence-electron chi connectivity index (χ1n) is 9.72. The van der Waals surface area contributed by atoms with Crippen LogP contribution in [-0.4, -0.2) is 62.7 Å². The fourth-order valence-corrected chi connectivity index (χ4v) is 3.55. The van der Waals surface area contributed by atoms with Crippen LogP contribution in [0.3, 0.4) is 0 Å². The fraction of sp³-hybridized carbons (Fsp3) is 0.429. The molecule has 0 aliphatic carbocycles. The van der Waals surface area contributed by atoms with Crippen molar-refractivity contribution < 1.29 is 0 Å². The van der Waals surface area contributed by atoms with E-state index in [9.17, 15) is 0 Å². The third kappa shape index (κ3) is 7.01. The quantitative estimate of drug-likeness (QED) is 0.343. The number of halogens is 2. The molecule has 1 aromatic carbocycles. The van der Waals surface area contributed by atoms with Crippen LogP contribution in [0.15, 0.2) is 47.6 Å². The van der Waals surface area contributed by atoms with Crippen LogP contribution < -0.4 is 15.5 Å². The summed E-state index contributed by atoms with van der Waals surface area (Å²) in [6.45, 7) is 5.56. The van der Waals surface area contributed by atoms with Crippen LogP contribution >= 0.6 is 35.6 Å². The second-order valence-corrected chi connectivity index (χ2v) is 7.36. The second-order valence-electron chi connectivity index (χ2n) is 6.95. The number of benzene rings is 1. The lowest BCUT2D eigenvalue weighted by Crippen LogP contribution is -2.45. The van der Waals surface area contributed by atoms with E-state index in [-0.39, 0.29) is 24.0 Å². The molecule has 0 bridgehead atoms. The average Bonchev–Trinajstić information content (AvgIpc) is 2.72. The van der Waals surface area contributed by atoms with E-state index in [4.69, 9.17) is 11.6 Å². The lowest BCUT2D eigenvalue weighted by Gasteiger charge is -2.35. The van der Waals surface area contributed by atoms with Crippen molar-refractivity contribution in [2.24, 2.45) is 4.99 Å². The summed E-state index contributed by atoms with van der Waals surface area (Å²) in [5.74, 6) is 0.764. The second kappa shape index (κ2) is 12.2. The molecule has 158 valence electrons. The van der Waals surface area contributed by atoms with Gasteiger partial charge in [0, 0.05) is 80.9 Å². The topological polar surface area (TPSA) is 55.8 Å². The van der Waals surface area contributed by atoms with Crippen LogP contribution in [0.5, 0.6) is 0 Å². The number of aromatic nitrogens is 1. The standard InChI is InChI=1S/C21H29ClN6.HI/c1-23-21(25-11-9-17-6-3-4-10-24-17)26-16-18-19(22)7-5-8-20(18)28-14-12-27(2)13-15-28;/h3-8,10H,9,11-16H2,1-2H3,(H2,23,25,26);1H. The van der Waals surface area contributed by atoms with Gasteiger partial charge in [-0.25, -0.2) is 0 Å². The molecular formula is C21H30ClIN6. The molecule has 3 rings (SSSR count). The van der Waals surface area contributed by atoms with Gasteiger partial charge in [-0.3, -0.25) is 9.98 Å². The molecule has 1 aliphatic rings. The molecule has 29 heavy (non-hydrogen) atoms. The first kappa shape index (κ1) is 23.7. The van der Waals surface area contributed by atoms with E-state index in [1.165, 1.54) is 5.69 Å². The summed E-state index contributed by atoms with van der Waals surface area (Å²) in [4.78, 5) is 13.4. The number of nitrogens with one attached hydrogen (secondary N) is 2. The number of likely N-dealkylation sites (N-methyl/N-ethyl adjacent to an activating group) is 1. The lowest BCUT2D eigenvalue weighted by molar-refractivity contribution is 0.312. The van der Waals surface area contributed by atoms with E-state index in [1.54, 1.807) is 7.05 Å². The Hall–Kier alpha value is -1.58. The van der Waals surface area contributed by atoms with Gasteiger partial charge in [0.15, 0.2) is 5.96 Å². The summed E-state index contributed by atoms with van der Waals surface area (Å²) in [6.07, 6.45) is 2.67. The Morgan fingerprint density at radius 1 is 1.10 bits per heavy atom. The first-order chi connectivity index (χ1) is 13.7. The predicted octanol–water partition coefficient (Wildman–Crippen LogP) is 3.01. The molecule has 2 N–H and O–H groups in total. The van der Waals surface area contributed by atoms with Gasteiger partial charge in [-0.05, 0) is 31.3 Å². The number of hydrogen-bond acceptors (Lipinski definition) is 4. The Labute approximate surface area is 195 Å². The Kier molecular flexibility index (Phi) is 9.96. The van der Waals surface area contributed by atoms with Crippen LogP contribution in [0.2, 0.25) is 5.02 Å². The Morgan fingerprint density at radius 2 is 1.90 bits per heavy atom. The maximum Gasteiger partial charge on any atom is 0.191 e. The number of guanidine groups is 1. The Bertz CT molecular complexity index is 778. The molecule has 1 aromatic heterocycles. The van der Waals surface area contributed by atoms with Crippen molar-refractivity contribution in [2.75, 3.05) is 51.7 Å². The fourth-order valence-electron chi connectivity index (χ4n) is 3.31. The number of hydrogen-bond donors (Lipinski definition) is 2. The minimum absolute atomic E-state index is 0. The highest BCUT2D eigenvalue weighted by atomic mass is 127. The Morgan fingerprint density at radius 3 is 2.59 bits per heavy atom. The molecule has 8 heteroatoms. The number of rotatable bonds is 6. The van der Waals surface area contributed by atoms with Gasteiger partial charge in [0.05, 0.1) is 0 Å². The summed E-state index contributed by atoms with van der Waals surface area (Å²) in [5, 5.41) is 7.53. The van der Waals surface area contributed by atoms with Crippen LogP contribution in [-0.2, 0) is 13.0 Å². The van der Waals surface area contributed by atoms with Crippen LogP contribution in [0, 0.1) is 0 Å². The van der Waals surface area contributed by atoms with Crippen LogP contribution in [0.25, 0.3) is 0 Å². The van der Waals surface area contributed by atoms with Crippen molar-refractivity contribution in [3.63, 3.8) is 0 Å². The highest BCUT2D eigenvalue weighted by molar-refractivity contribution is 14.0. The molecule has 0 unspecified atom stereocenters. The maximum atomic E-state index is 6.54. The molecule has 0 radical (unpaired) electrons. The Balaban J connectivity index is 0.00000300. The molecule has 0 atom stereocenters. The van der Waals surface area contributed by atoms with Gasteiger partial charge in [-0.2, -0.15) is 0 Å². The zero-order valence-electron chi connectivity index (χ0n) is 17.1. The van der Waals surface area contributed by atoms with Gasteiger partial charge in [0.2, 0.25) is 0 Å². The third-order valence-corrected chi connectivity index (χ3v) is 5.35. The van der Waals surface area contributed by atoms with E-state index >= 15 is 0 Å². The summed E-state index contributed by atoms with van der Waals surface area (Å²) in [6, 6.07) is 12.1. The smallest absolute Gasteiger partial charge is 0.191 e. The van der Waals surface area contributed by atoms with Gasteiger partial charge in [-0.15, -0.1) is 24.0 Å². The zero-order valence-corrected chi connectivity index (χ0v) is 20.2. The SMILES string of the molecule is CN=C(NCCc1ccccn1)NCc1c(Cl)cccc1N1CCN(C)CC1.I. The van der Waals surface area contributed by atoms with E-state index in [0.29, 0.717) is 6.54 Å². The number of pyridine rings is 1. The number of piperazine rings is 1. The third-order valence-electron chi connectivity index (χ3n) is 4.99. The van der Waals surface area contributed by atoms with Gasteiger partial charge in [0.1, 0.15) is 0 Å². The predicted molar refractivity (Wildman–Crippen MR) is 133 cm³/mol. The summed E-state index contributed by atoms with van der Waals surface area (Å²) in [5.41, 5.74) is 3.38. The molecule has 1 saturated heterocycles. The molecule has 2 heterocycles. The van der Waals surface area contributed by atoms with Gasteiger partial charge >= 0.3 is 0 Å².